The molecule has 2 aromatic heterocycles. The highest BCUT2D eigenvalue weighted by Crippen LogP contribution is 2.32. The molecule has 9 heteroatoms. The number of hydrogen-bond donors (Lipinski definition) is 2. The Hall–Kier alpha value is -2.91. The molecule has 1 amide bonds. The van der Waals surface area contributed by atoms with Crippen LogP contribution in [0, 0.1) is 19.8 Å². The van der Waals surface area contributed by atoms with Crippen molar-refractivity contribution in [2.24, 2.45) is 5.92 Å². The third-order valence-corrected chi connectivity index (χ3v) is 7.58. The van der Waals surface area contributed by atoms with E-state index in [1.807, 2.05) is 19.1 Å². The van der Waals surface area contributed by atoms with E-state index >= 15 is 0 Å². The predicted octanol–water partition coefficient (Wildman–Crippen LogP) is 4.67. The van der Waals surface area contributed by atoms with Gasteiger partial charge in [0.05, 0.1) is 0 Å². The summed E-state index contributed by atoms with van der Waals surface area (Å²) in [6.45, 7) is 3.70. The van der Waals surface area contributed by atoms with Crippen LogP contribution in [0.15, 0.2) is 45.1 Å². The highest BCUT2D eigenvalue weighted by atomic mass is 32.2. The quantitative estimate of drug-likeness (QED) is 0.552. The standard InChI is InChI=1S/C21H21N3O4S2/c1-13-3-7-16(8-4-13)24-30(26,27)19-12-10-17(29-19)9-11-18-20(14(2)23-28-18)22-21(25)15-5-6-15/h3-4,7-12,15,24H,5-6H2,1-2H3,(H,22,25)/b11-9+. The van der Waals surface area contributed by atoms with Gasteiger partial charge in [-0.25, -0.2) is 8.42 Å². The summed E-state index contributed by atoms with van der Waals surface area (Å²) in [7, 11) is -3.67. The molecule has 156 valence electrons. The van der Waals surface area contributed by atoms with Gasteiger partial charge >= 0.3 is 0 Å². The number of nitrogens with one attached hydrogen (secondary N) is 2. The number of anilines is 2. The number of benzene rings is 1. The highest BCUT2D eigenvalue weighted by molar-refractivity contribution is 7.94. The lowest BCUT2D eigenvalue weighted by atomic mass is 10.2. The number of sulfonamides is 1. The molecule has 0 unspecified atom stereocenters. The van der Waals surface area contributed by atoms with Gasteiger partial charge in [0.2, 0.25) is 5.91 Å². The smallest absolute Gasteiger partial charge is 0.271 e. The Labute approximate surface area is 178 Å². The Morgan fingerprint density at radius 3 is 2.57 bits per heavy atom. The van der Waals surface area contributed by atoms with E-state index in [0.717, 1.165) is 34.6 Å². The molecular weight excluding hydrogens is 422 g/mol. The fraction of sp³-hybridized carbons (Fsp3) is 0.238. The number of hydrogen-bond acceptors (Lipinski definition) is 6. The van der Waals surface area contributed by atoms with Crippen molar-refractivity contribution in [3.05, 3.63) is 58.3 Å². The molecule has 2 N–H and O–H groups in total. The van der Waals surface area contributed by atoms with Crippen molar-refractivity contribution in [1.29, 1.82) is 0 Å². The van der Waals surface area contributed by atoms with Gasteiger partial charge in [-0.15, -0.1) is 11.3 Å². The zero-order chi connectivity index (χ0) is 21.3. The van der Waals surface area contributed by atoms with E-state index in [-0.39, 0.29) is 16.0 Å². The SMILES string of the molecule is Cc1ccc(NS(=O)(=O)c2ccc(/C=C/c3onc(C)c3NC(=O)C3CC3)s2)cc1. The highest BCUT2D eigenvalue weighted by Gasteiger charge is 2.30. The maximum Gasteiger partial charge on any atom is 0.271 e. The van der Waals surface area contributed by atoms with Gasteiger partial charge < -0.3 is 9.84 Å². The average Bonchev–Trinajstić information content (AvgIpc) is 3.35. The van der Waals surface area contributed by atoms with E-state index in [2.05, 4.69) is 15.2 Å². The van der Waals surface area contributed by atoms with E-state index < -0.39 is 10.0 Å². The number of aryl methyl sites for hydroxylation is 2. The first-order valence-electron chi connectivity index (χ1n) is 9.46. The van der Waals surface area contributed by atoms with E-state index in [0.29, 0.717) is 22.8 Å². The second-order valence-electron chi connectivity index (χ2n) is 7.23. The molecule has 0 aliphatic heterocycles. The van der Waals surface area contributed by atoms with Crippen LogP contribution in [0.5, 0.6) is 0 Å². The zero-order valence-electron chi connectivity index (χ0n) is 16.5. The van der Waals surface area contributed by atoms with Crippen molar-refractivity contribution in [3.63, 3.8) is 0 Å². The molecular formula is C21H21N3O4S2. The van der Waals surface area contributed by atoms with Gasteiger partial charge in [0.25, 0.3) is 10.0 Å². The molecule has 1 aliphatic carbocycles. The Balaban J connectivity index is 1.48. The van der Waals surface area contributed by atoms with Crippen molar-refractivity contribution in [2.45, 2.75) is 30.9 Å². The molecule has 1 aliphatic rings. The third kappa shape index (κ3) is 4.63. The monoisotopic (exact) mass is 443 g/mol. The number of nitrogens with zero attached hydrogens (tertiary/aromatic N) is 1. The predicted molar refractivity (Wildman–Crippen MR) is 118 cm³/mol. The maximum absolute atomic E-state index is 12.6. The van der Waals surface area contributed by atoms with Crippen molar-refractivity contribution in [2.75, 3.05) is 10.0 Å². The molecule has 0 spiro atoms. The maximum atomic E-state index is 12.6. The average molecular weight is 444 g/mol. The fourth-order valence-electron chi connectivity index (χ4n) is 2.78. The van der Waals surface area contributed by atoms with Gasteiger partial charge in [0.1, 0.15) is 15.6 Å². The van der Waals surface area contributed by atoms with Crippen LogP contribution in [0.4, 0.5) is 11.4 Å². The largest absolute Gasteiger partial charge is 0.354 e. The molecule has 0 atom stereocenters. The molecule has 1 fully saturated rings. The summed E-state index contributed by atoms with van der Waals surface area (Å²) in [4.78, 5) is 12.8. The molecule has 7 nitrogen and oxygen atoms in total. The summed E-state index contributed by atoms with van der Waals surface area (Å²) < 4.78 is 33.3. The van der Waals surface area contributed by atoms with Gasteiger partial charge in [0, 0.05) is 16.5 Å². The third-order valence-electron chi connectivity index (χ3n) is 4.66. The molecule has 2 heterocycles. The van der Waals surface area contributed by atoms with E-state index in [1.165, 1.54) is 0 Å². The summed E-state index contributed by atoms with van der Waals surface area (Å²) in [5.74, 6) is 0.474. The number of thiophene rings is 1. The van der Waals surface area contributed by atoms with Gasteiger partial charge in [-0.1, -0.05) is 22.9 Å². The van der Waals surface area contributed by atoms with Gasteiger partial charge in [-0.05, 0) is 63.1 Å². The molecule has 0 radical (unpaired) electrons. The van der Waals surface area contributed by atoms with Crippen LogP contribution >= 0.6 is 11.3 Å². The van der Waals surface area contributed by atoms with Crippen LogP contribution < -0.4 is 10.0 Å². The van der Waals surface area contributed by atoms with Gasteiger partial charge in [-0.2, -0.15) is 0 Å². The summed E-state index contributed by atoms with van der Waals surface area (Å²) in [6.07, 6.45) is 5.23. The van der Waals surface area contributed by atoms with Crippen LogP contribution in [0.25, 0.3) is 12.2 Å². The van der Waals surface area contributed by atoms with Crippen LogP contribution in [0.1, 0.15) is 34.7 Å². The Morgan fingerprint density at radius 2 is 1.87 bits per heavy atom. The second kappa shape index (κ2) is 8.08. The van der Waals surface area contributed by atoms with Crippen molar-refractivity contribution in [1.82, 2.24) is 5.16 Å². The summed E-state index contributed by atoms with van der Waals surface area (Å²) in [5, 5.41) is 6.78. The van der Waals surface area contributed by atoms with E-state index in [4.69, 9.17) is 4.52 Å². The minimum absolute atomic E-state index is 0.0253. The van der Waals surface area contributed by atoms with Crippen LogP contribution in [-0.2, 0) is 14.8 Å². The number of amides is 1. The van der Waals surface area contributed by atoms with Crippen LogP contribution in [0.3, 0.4) is 0 Å². The molecule has 1 saturated carbocycles. The molecule has 0 saturated heterocycles. The first-order chi connectivity index (χ1) is 14.3. The molecule has 4 rings (SSSR count). The Bertz CT molecular complexity index is 1200. The molecule has 3 aromatic rings. The van der Waals surface area contributed by atoms with Crippen molar-refractivity contribution >= 4 is 50.8 Å². The Morgan fingerprint density at radius 1 is 1.13 bits per heavy atom. The fourth-order valence-corrected chi connectivity index (χ4v) is 5.06. The lowest BCUT2D eigenvalue weighted by Crippen LogP contribution is -2.14. The first-order valence-corrected chi connectivity index (χ1v) is 11.8. The second-order valence-corrected chi connectivity index (χ2v) is 10.3. The van der Waals surface area contributed by atoms with Crippen LogP contribution in [0.2, 0.25) is 0 Å². The number of rotatable bonds is 7. The number of carbonyl (C=O) groups is 1. The molecule has 0 bridgehead atoms. The topological polar surface area (TPSA) is 101 Å². The minimum Gasteiger partial charge on any atom is -0.354 e. The summed E-state index contributed by atoms with van der Waals surface area (Å²) >= 11 is 1.14. The molecule has 30 heavy (non-hydrogen) atoms. The van der Waals surface area contributed by atoms with Crippen molar-refractivity contribution in [3.8, 4) is 0 Å². The van der Waals surface area contributed by atoms with E-state index in [1.54, 1.807) is 43.3 Å². The Kier molecular flexibility index (Phi) is 5.48. The first kappa shape index (κ1) is 20.4. The zero-order valence-corrected chi connectivity index (χ0v) is 18.1. The lowest BCUT2D eigenvalue weighted by molar-refractivity contribution is -0.117. The van der Waals surface area contributed by atoms with Gasteiger partial charge in [0.15, 0.2) is 5.76 Å². The molecule has 1 aromatic carbocycles. The minimum atomic E-state index is -3.67. The lowest BCUT2D eigenvalue weighted by Gasteiger charge is -2.06. The number of carbonyl (C=O) groups excluding carboxylic acids is 1. The number of aromatic nitrogens is 1. The van der Waals surface area contributed by atoms with Gasteiger partial charge in [-0.3, -0.25) is 9.52 Å². The van der Waals surface area contributed by atoms with Crippen molar-refractivity contribution < 1.29 is 17.7 Å². The summed E-state index contributed by atoms with van der Waals surface area (Å²) in [5.41, 5.74) is 2.71. The van der Waals surface area contributed by atoms with Crippen LogP contribution in [-0.4, -0.2) is 19.5 Å². The normalized spacial score (nSPS) is 14.2. The summed E-state index contributed by atoms with van der Waals surface area (Å²) in [6, 6.07) is 10.4. The van der Waals surface area contributed by atoms with E-state index in [9.17, 15) is 13.2 Å².